The van der Waals surface area contributed by atoms with E-state index in [1.165, 1.54) is 6.26 Å². The van der Waals surface area contributed by atoms with E-state index in [-0.39, 0.29) is 0 Å². The van der Waals surface area contributed by atoms with Gasteiger partial charge in [0.05, 0.1) is 12.1 Å². The second kappa shape index (κ2) is 4.36. The van der Waals surface area contributed by atoms with E-state index < -0.39 is 0 Å². The van der Waals surface area contributed by atoms with Crippen LogP contribution >= 0.6 is 0 Å². The van der Waals surface area contributed by atoms with Crippen molar-refractivity contribution in [3.8, 4) is 6.07 Å². The molecule has 0 saturated heterocycles. The van der Waals surface area contributed by atoms with Gasteiger partial charge in [0, 0.05) is 17.4 Å². The summed E-state index contributed by atoms with van der Waals surface area (Å²) < 4.78 is 4.70. The molecule has 0 bridgehead atoms. The van der Waals surface area contributed by atoms with Crippen molar-refractivity contribution in [2.24, 2.45) is 0 Å². The standard InChI is InChI=1S/C11H10N4O/c12-6-8-5-9(1-2-11(8)13)14-7-10-3-4-16-15-10/h1-5,14H,7,13H2. The number of nitrogens with two attached hydrogens (primary N) is 1. The lowest BCUT2D eigenvalue weighted by atomic mass is 10.2. The predicted molar refractivity (Wildman–Crippen MR) is 59.4 cm³/mol. The molecule has 1 aromatic carbocycles. The SMILES string of the molecule is N#Cc1cc(NCc2ccon2)ccc1N. The van der Waals surface area contributed by atoms with Gasteiger partial charge < -0.3 is 15.6 Å². The summed E-state index contributed by atoms with van der Waals surface area (Å²) in [6.07, 6.45) is 1.51. The lowest BCUT2D eigenvalue weighted by molar-refractivity contribution is 0.412. The average Bonchev–Trinajstić information content (AvgIpc) is 2.81. The number of hydrogen-bond donors (Lipinski definition) is 2. The molecule has 0 atom stereocenters. The minimum absolute atomic E-state index is 0.463. The highest BCUT2D eigenvalue weighted by molar-refractivity contribution is 5.61. The van der Waals surface area contributed by atoms with Crippen LogP contribution in [0.2, 0.25) is 0 Å². The highest BCUT2D eigenvalue weighted by Gasteiger charge is 2.01. The van der Waals surface area contributed by atoms with E-state index >= 15 is 0 Å². The van der Waals surface area contributed by atoms with E-state index in [0.717, 1.165) is 11.4 Å². The first-order valence-electron chi connectivity index (χ1n) is 4.72. The fraction of sp³-hybridized carbons (Fsp3) is 0.0909. The van der Waals surface area contributed by atoms with E-state index in [4.69, 9.17) is 15.5 Å². The van der Waals surface area contributed by atoms with Crippen LogP contribution in [-0.2, 0) is 6.54 Å². The molecule has 0 aliphatic heterocycles. The lowest BCUT2D eigenvalue weighted by Crippen LogP contribution is -2.00. The Morgan fingerprint density at radius 1 is 1.44 bits per heavy atom. The van der Waals surface area contributed by atoms with Crippen molar-refractivity contribution in [1.29, 1.82) is 5.26 Å². The second-order valence-corrected chi connectivity index (χ2v) is 3.26. The van der Waals surface area contributed by atoms with Gasteiger partial charge in [0.2, 0.25) is 0 Å². The van der Waals surface area contributed by atoms with Gasteiger partial charge >= 0.3 is 0 Å². The fourth-order valence-electron chi connectivity index (χ4n) is 1.28. The van der Waals surface area contributed by atoms with Crippen molar-refractivity contribution in [3.63, 3.8) is 0 Å². The normalized spacial score (nSPS) is 9.69. The number of nitrogens with zero attached hydrogens (tertiary/aromatic N) is 2. The Balaban J connectivity index is 2.08. The third-order valence-electron chi connectivity index (χ3n) is 2.14. The maximum Gasteiger partial charge on any atom is 0.124 e. The van der Waals surface area contributed by atoms with Crippen molar-refractivity contribution in [2.75, 3.05) is 11.1 Å². The molecule has 2 rings (SSSR count). The monoisotopic (exact) mass is 214 g/mol. The van der Waals surface area contributed by atoms with Crippen LogP contribution in [0.1, 0.15) is 11.3 Å². The Hall–Kier alpha value is -2.48. The predicted octanol–water partition coefficient (Wildman–Crippen LogP) is 1.74. The highest BCUT2D eigenvalue weighted by Crippen LogP contribution is 2.17. The lowest BCUT2D eigenvalue weighted by Gasteiger charge is -2.05. The van der Waals surface area contributed by atoms with Gasteiger partial charge in [-0.1, -0.05) is 5.16 Å². The minimum atomic E-state index is 0.463. The summed E-state index contributed by atoms with van der Waals surface area (Å²) in [5.41, 5.74) is 8.19. The van der Waals surface area contributed by atoms with Crippen LogP contribution in [0.5, 0.6) is 0 Å². The molecular weight excluding hydrogens is 204 g/mol. The average molecular weight is 214 g/mol. The van der Waals surface area contributed by atoms with Crippen molar-refractivity contribution in [2.45, 2.75) is 6.54 Å². The number of anilines is 2. The Bertz CT molecular complexity index is 513. The third kappa shape index (κ3) is 2.12. The number of hydrogen-bond acceptors (Lipinski definition) is 5. The van der Waals surface area contributed by atoms with Gasteiger partial charge in [-0.15, -0.1) is 0 Å². The van der Waals surface area contributed by atoms with Gasteiger partial charge in [-0.25, -0.2) is 0 Å². The van der Waals surface area contributed by atoms with Crippen LogP contribution in [0.3, 0.4) is 0 Å². The Morgan fingerprint density at radius 3 is 3.00 bits per heavy atom. The van der Waals surface area contributed by atoms with E-state index in [9.17, 15) is 0 Å². The first kappa shape index (κ1) is 10.1. The number of aromatic nitrogens is 1. The summed E-state index contributed by atoms with van der Waals surface area (Å²) in [5, 5.41) is 15.7. The maximum atomic E-state index is 8.81. The van der Waals surface area contributed by atoms with Crippen molar-refractivity contribution in [3.05, 3.63) is 41.8 Å². The molecule has 0 aliphatic rings. The summed E-state index contributed by atoms with van der Waals surface area (Å²) in [5.74, 6) is 0. The molecule has 5 nitrogen and oxygen atoms in total. The molecule has 0 spiro atoms. The van der Waals surface area contributed by atoms with Crippen LogP contribution in [0.4, 0.5) is 11.4 Å². The van der Waals surface area contributed by atoms with Crippen LogP contribution in [0.25, 0.3) is 0 Å². The molecule has 1 aromatic heterocycles. The van der Waals surface area contributed by atoms with Crippen LogP contribution in [0, 0.1) is 11.3 Å². The molecule has 3 N–H and O–H groups in total. The molecular formula is C11H10N4O. The molecule has 0 radical (unpaired) electrons. The first-order chi connectivity index (χ1) is 7.79. The molecule has 0 saturated carbocycles. The minimum Gasteiger partial charge on any atom is -0.398 e. The zero-order chi connectivity index (χ0) is 11.4. The number of rotatable bonds is 3. The summed E-state index contributed by atoms with van der Waals surface area (Å²) in [7, 11) is 0. The van der Waals surface area contributed by atoms with Gasteiger partial charge in [0.1, 0.15) is 18.0 Å². The summed E-state index contributed by atoms with van der Waals surface area (Å²) in [6.45, 7) is 0.547. The molecule has 2 aromatic rings. The van der Waals surface area contributed by atoms with Gasteiger partial charge in [0.25, 0.3) is 0 Å². The van der Waals surface area contributed by atoms with Crippen molar-refractivity contribution < 1.29 is 4.52 Å². The number of nitrogens with one attached hydrogen (secondary N) is 1. The summed E-state index contributed by atoms with van der Waals surface area (Å²) in [6, 6.07) is 9.02. The zero-order valence-electron chi connectivity index (χ0n) is 8.47. The molecule has 5 heteroatoms. The Kier molecular flexibility index (Phi) is 2.74. The molecule has 0 fully saturated rings. The quantitative estimate of drug-likeness (QED) is 0.760. The molecule has 80 valence electrons. The molecule has 1 heterocycles. The summed E-state index contributed by atoms with van der Waals surface area (Å²) >= 11 is 0. The Morgan fingerprint density at radius 2 is 2.31 bits per heavy atom. The number of benzene rings is 1. The second-order valence-electron chi connectivity index (χ2n) is 3.26. The van der Waals surface area contributed by atoms with Crippen molar-refractivity contribution >= 4 is 11.4 Å². The van der Waals surface area contributed by atoms with Crippen LogP contribution in [-0.4, -0.2) is 5.16 Å². The van der Waals surface area contributed by atoms with E-state index in [1.54, 1.807) is 18.2 Å². The fourth-order valence-corrected chi connectivity index (χ4v) is 1.28. The molecule has 0 unspecified atom stereocenters. The van der Waals surface area contributed by atoms with Gasteiger partial charge in [-0.3, -0.25) is 0 Å². The molecule has 0 aliphatic carbocycles. The van der Waals surface area contributed by atoms with Gasteiger partial charge in [-0.2, -0.15) is 5.26 Å². The highest BCUT2D eigenvalue weighted by atomic mass is 16.5. The molecule has 0 amide bonds. The maximum absolute atomic E-state index is 8.81. The summed E-state index contributed by atoms with van der Waals surface area (Å²) in [4.78, 5) is 0. The molecule has 16 heavy (non-hydrogen) atoms. The largest absolute Gasteiger partial charge is 0.398 e. The van der Waals surface area contributed by atoms with Crippen LogP contribution < -0.4 is 11.1 Å². The van der Waals surface area contributed by atoms with Crippen LogP contribution in [0.15, 0.2) is 35.1 Å². The van der Waals surface area contributed by atoms with E-state index in [0.29, 0.717) is 17.8 Å². The van der Waals surface area contributed by atoms with E-state index in [1.807, 2.05) is 12.1 Å². The third-order valence-corrected chi connectivity index (χ3v) is 2.14. The Labute approximate surface area is 92.5 Å². The van der Waals surface area contributed by atoms with E-state index in [2.05, 4.69) is 10.5 Å². The van der Waals surface area contributed by atoms with Gasteiger partial charge in [-0.05, 0) is 18.2 Å². The number of nitrogen functional groups attached to an aromatic ring is 1. The van der Waals surface area contributed by atoms with Crippen molar-refractivity contribution in [1.82, 2.24) is 5.16 Å². The topological polar surface area (TPSA) is 87.9 Å². The first-order valence-corrected chi connectivity index (χ1v) is 4.72. The number of nitriles is 1. The smallest absolute Gasteiger partial charge is 0.124 e. The zero-order valence-corrected chi connectivity index (χ0v) is 8.47. The van der Waals surface area contributed by atoms with Gasteiger partial charge in [0.15, 0.2) is 0 Å².